The van der Waals surface area contributed by atoms with E-state index in [-0.39, 0.29) is 29.5 Å². The summed E-state index contributed by atoms with van der Waals surface area (Å²) in [7, 11) is 1.71. The first-order valence-corrected chi connectivity index (χ1v) is 11.6. The standard InChI is InChI=1S/C26H29F2N5O/c1-6-18-15-33(23-13-25(34)31(5)22-10-11-24(29-4)30-26(22)23)19(7-2)14-32(18)16(3)20-9-8-17(27)12-21(20)28/h8-13,16,18-19H,6-7,14-15H2,1-3,5H3/t16?,18-,19+/m1/s1. The Kier molecular flexibility index (Phi) is 6.67. The molecular weight excluding hydrogens is 436 g/mol. The van der Waals surface area contributed by atoms with Gasteiger partial charge >= 0.3 is 0 Å². The molecule has 0 aliphatic carbocycles. The zero-order valence-electron chi connectivity index (χ0n) is 19.9. The molecule has 0 amide bonds. The first-order chi connectivity index (χ1) is 16.3. The first-order valence-electron chi connectivity index (χ1n) is 11.6. The number of hydrogen-bond donors (Lipinski definition) is 0. The van der Waals surface area contributed by atoms with Crippen LogP contribution in [0.5, 0.6) is 0 Å². The molecule has 0 N–H and O–H groups in total. The molecule has 3 heterocycles. The zero-order valence-corrected chi connectivity index (χ0v) is 19.9. The van der Waals surface area contributed by atoms with Gasteiger partial charge in [0.05, 0.1) is 11.2 Å². The summed E-state index contributed by atoms with van der Waals surface area (Å²) in [5.41, 5.74) is 2.39. The summed E-state index contributed by atoms with van der Waals surface area (Å²) >= 11 is 0. The smallest absolute Gasteiger partial charge is 0.270 e. The SMILES string of the molecule is [C-]#[N+]c1ccc2c(n1)c(N1C[C@@H](CC)N(C(C)c3ccc(F)cc3F)C[C@@H]1CC)cc(=O)n2C. The van der Waals surface area contributed by atoms with E-state index < -0.39 is 11.6 Å². The van der Waals surface area contributed by atoms with Crippen molar-refractivity contribution in [3.8, 4) is 0 Å². The fraction of sp³-hybridized carbons (Fsp3) is 0.423. The van der Waals surface area contributed by atoms with Crippen molar-refractivity contribution in [2.45, 2.75) is 51.7 Å². The summed E-state index contributed by atoms with van der Waals surface area (Å²) < 4.78 is 29.6. The average molecular weight is 466 g/mol. The van der Waals surface area contributed by atoms with Crippen molar-refractivity contribution in [1.82, 2.24) is 14.5 Å². The maximum atomic E-state index is 14.6. The molecule has 8 heteroatoms. The highest BCUT2D eigenvalue weighted by atomic mass is 19.1. The molecule has 0 bridgehead atoms. The van der Waals surface area contributed by atoms with Crippen LogP contribution < -0.4 is 10.5 Å². The minimum absolute atomic E-state index is 0.0578. The van der Waals surface area contributed by atoms with Crippen molar-refractivity contribution in [1.29, 1.82) is 0 Å². The number of halogens is 2. The maximum absolute atomic E-state index is 14.6. The van der Waals surface area contributed by atoms with Crippen LogP contribution in [0.3, 0.4) is 0 Å². The molecule has 1 fully saturated rings. The van der Waals surface area contributed by atoms with E-state index in [4.69, 9.17) is 6.57 Å². The Bertz CT molecular complexity index is 1320. The van der Waals surface area contributed by atoms with Crippen LogP contribution in [-0.4, -0.2) is 39.6 Å². The lowest BCUT2D eigenvalue weighted by Crippen LogP contribution is -2.59. The van der Waals surface area contributed by atoms with Crippen LogP contribution in [0.1, 0.15) is 45.2 Å². The molecular formula is C26H29F2N5O. The summed E-state index contributed by atoms with van der Waals surface area (Å²) in [6, 6.07) is 8.69. The molecule has 1 aromatic carbocycles. The van der Waals surface area contributed by atoms with Gasteiger partial charge in [-0.25, -0.2) is 8.78 Å². The van der Waals surface area contributed by atoms with Crippen molar-refractivity contribution in [3.63, 3.8) is 0 Å². The van der Waals surface area contributed by atoms with Gasteiger partial charge in [0.25, 0.3) is 11.4 Å². The maximum Gasteiger partial charge on any atom is 0.270 e. The van der Waals surface area contributed by atoms with Crippen molar-refractivity contribution in [3.05, 3.63) is 75.4 Å². The van der Waals surface area contributed by atoms with Gasteiger partial charge in [-0.3, -0.25) is 9.69 Å². The van der Waals surface area contributed by atoms with E-state index in [0.717, 1.165) is 24.6 Å². The van der Waals surface area contributed by atoms with Gasteiger partial charge < -0.3 is 14.3 Å². The number of pyridine rings is 2. The molecule has 3 atom stereocenters. The second-order valence-corrected chi connectivity index (χ2v) is 8.89. The lowest BCUT2D eigenvalue weighted by atomic mass is 9.96. The number of benzene rings is 1. The van der Waals surface area contributed by atoms with Crippen molar-refractivity contribution in [2.75, 3.05) is 18.0 Å². The van der Waals surface area contributed by atoms with Crippen LogP contribution in [0, 0.1) is 18.2 Å². The Balaban J connectivity index is 1.76. The second-order valence-electron chi connectivity index (χ2n) is 8.89. The monoisotopic (exact) mass is 465 g/mol. The number of piperazine rings is 1. The highest BCUT2D eigenvalue weighted by molar-refractivity contribution is 5.89. The first kappa shape index (κ1) is 23.8. The van der Waals surface area contributed by atoms with E-state index in [2.05, 4.69) is 33.5 Å². The number of fused-ring (bicyclic) bond motifs is 1. The Morgan fingerprint density at radius 3 is 2.50 bits per heavy atom. The van der Waals surface area contributed by atoms with Crippen molar-refractivity contribution < 1.29 is 8.78 Å². The Hall–Kier alpha value is -3.31. The molecule has 2 aromatic heterocycles. The van der Waals surface area contributed by atoms with E-state index in [0.29, 0.717) is 29.7 Å². The van der Waals surface area contributed by atoms with E-state index in [1.807, 2.05) is 6.92 Å². The minimum atomic E-state index is -0.583. The number of hydrogen-bond acceptors (Lipinski definition) is 4. The average Bonchev–Trinajstić information content (AvgIpc) is 2.84. The van der Waals surface area contributed by atoms with E-state index in [9.17, 15) is 13.6 Å². The quantitative estimate of drug-likeness (QED) is 0.486. The van der Waals surface area contributed by atoms with Crippen LogP contribution in [0.4, 0.5) is 20.3 Å². The number of nitrogens with zero attached hydrogens (tertiary/aromatic N) is 5. The predicted molar refractivity (Wildman–Crippen MR) is 130 cm³/mol. The van der Waals surface area contributed by atoms with Gasteiger partial charge in [0.2, 0.25) is 5.52 Å². The van der Waals surface area contributed by atoms with Crippen molar-refractivity contribution in [2.24, 2.45) is 7.05 Å². The third-order valence-corrected chi connectivity index (χ3v) is 7.07. The molecule has 178 valence electrons. The molecule has 34 heavy (non-hydrogen) atoms. The number of aromatic nitrogens is 2. The van der Waals surface area contributed by atoms with Gasteiger partial charge in [0, 0.05) is 56.0 Å². The van der Waals surface area contributed by atoms with Crippen LogP contribution in [0.25, 0.3) is 15.9 Å². The van der Waals surface area contributed by atoms with E-state index in [1.54, 1.807) is 29.8 Å². The Labute approximate surface area is 198 Å². The zero-order chi connectivity index (χ0) is 24.6. The van der Waals surface area contributed by atoms with Crippen LogP contribution in [0.15, 0.2) is 41.2 Å². The fourth-order valence-corrected chi connectivity index (χ4v) is 5.06. The molecule has 1 aliphatic heterocycles. The van der Waals surface area contributed by atoms with Gasteiger partial charge in [-0.05, 0) is 38.0 Å². The topological polar surface area (TPSA) is 45.7 Å². The summed E-state index contributed by atoms with van der Waals surface area (Å²) in [6.07, 6.45) is 1.63. The molecule has 1 unspecified atom stereocenters. The molecule has 0 spiro atoms. The van der Waals surface area contributed by atoms with Gasteiger partial charge in [-0.15, -0.1) is 4.98 Å². The van der Waals surface area contributed by atoms with Gasteiger partial charge in [-0.1, -0.05) is 26.5 Å². The molecule has 6 nitrogen and oxygen atoms in total. The van der Waals surface area contributed by atoms with Gasteiger partial charge in [-0.2, -0.15) is 0 Å². The van der Waals surface area contributed by atoms with Crippen LogP contribution >= 0.6 is 0 Å². The van der Waals surface area contributed by atoms with E-state index in [1.165, 1.54) is 12.1 Å². The molecule has 0 saturated carbocycles. The third-order valence-electron chi connectivity index (χ3n) is 7.07. The third kappa shape index (κ3) is 4.16. The summed E-state index contributed by atoms with van der Waals surface area (Å²) in [6.45, 7) is 14.8. The lowest BCUT2D eigenvalue weighted by Gasteiger charge is -2.49. The Morgan fingerprint density at radius 1 is 1.12 bits per heavy atom. The van der Waals surface area contributed by atoms with Crippen LogP contribution in [-0.2, 0) is 7.05 Å². The number of anilines is 1. The fourth-order valence-electron chi connectivity index (χ4n) is 5.06. The van der Waals surface area contributed by atoms with Crippen LogP contribution in [0.2, 0.25) is 0 Å². The molecule has 0 radical (unpaired) electrons. The number of aryl methyl sites for hydroxylation is 1. The van der Waals surface area contributed by atoms with Gasteiger partial charge in [0.15, 0.2) is 0 Å². The molecule has 1 saturated heterocycles. The molecule has 3 aromatic rings. The highest BCUT2D eigenvalue weighted by Crippen LogP contribution is 2.35. The second kappa shape index (κ2) is 9.51. The molecule has 1 aliphatic rings. The normalized spacial score (nSPS) is 19.9. The predicted octanol–water partition coefficient (Wildman–Crippen LogP) is 5.20. The van der Waals surface area contributed by atoms with Crippen molar-refractivity contribution >= 4 is 22.5 Å². The molecule has 4 rings (SSSR count). The minimum Gasteiger partial charge on any atom is -0.362 e. The van der Waals surface area contributed by atoms with Gasteiger partial charge in [0.1, 0.15) is 11.6 Å². The largest absolute Gasteiger partial charge is 0.362 e. The summed E-state index contributed by atoms with van der Waals surface area (Å²) in [4.78, 5) is 25.3. The summed E-state index contributed by atoms with van der Waals surface area (Å²) in [5, 5.41) is 0. The highest BCUT2D eigenvalue weighted by Gasteiger charge is 2.37. The number of rotatable bonds is 5. The summed E-state index contributed by atoms with van der Waals surface area (Å²) in [5.74, 6) is -0.835. The lowest BCUT2D eigenvalue weighted by molar-refractivity contribution is 0.0993. The van der Waals surface area contributed by atoms with E-state index >= 15 is 0 Å². The Morgan fingerprint density at radius 2 is 1.85 bits per heavy atom.